The first-order valence-corrected chi connectivity index (χ1v) is 14.3. The average Bonchev–Trinajstić information content (AvgIpc) is 3.68. The van der Waals surface area contributed by atoms with Gasteiger partial charge < -0.3 is 4.42 Å². The highest BCUT2D eigenvalue weighted by Crippen LogP contribution is 2.48. The Morgan fingerprint density at radius 3 is 1.98 bits per heavy atom. The molecule has 0 N–H and O–H groups in total. The van der Waals surface area contributed by atoms with Crippen molar-refractivity contribution in [2.24, 2.45) is 0 Å². The van der Waals surface area contributed by atoms with Crippen LogP contribution in [0, 0.1) is 6.92 Å². The number of pyridine rings is 1. The molecule has 40 heavy (non-hydrogen) atoms. The topological polar surface area (TPSA) is 31.0 Å². The van der Waals surface area contributed by atoms with Crippen molar-refractivity contribution >= 4 is 75.3 Å². The summed E-state index contributed by atoms with van der Waals surface area (Å²) in [6, 6.07) is 40.8. The van der Waals surface area contributed by atoms with Crippen molar-refractivity contribution in [3.8, 4) is 16.9 Å². The Hall–Kier alpha value is -4.93. The lowest BCUT2D eigenvalue weighted by Crippen LogP contribution is -2.02. The number of rotatable bonds is 2. The minimum Gasteiger partial charge on any atom is -0.455 e. The van der Waals surface area contributed by atoms with Gasteiger partial charge in [-0.3, -0.25) is 4.57 Å². The zero-order valence-corrected chi connectivity index (χ0v) is 22.5. The van der Waals surface area contributed by atoms with Gasteiger partial charge in [0.15, 0.2) is 5.58 Å². The van der Waals surface area contributed by atoms with Crippen LogP contribution in [0.2, 0.25) is 0 Å². The molecule has 0 bridgehead atoms. The van der Waals surface area contributed by atoms with Crippen LogP contribution in [0.1, 0.15) is 5.69 Å². The van der Waals surface area contributed by atoms with Gasteiger partial charge in [-0.15, -0.1) is 11.3 Å². The van der Waals surface area contributed by atoms with E-state index in [1.807, 2.05) is 6.07 Å². The number of nitrogens with zero attached hydrogens (tertiary/aromatic N) is 2. The van der Waals surface area contributed by atoms with Crippen LogP contribution in [-0.2, 0) is 0 Å². The highest BCUT2D eigenvalue weighted by molar-refractivity contribution is 7.27. The molecule has 9 rings (SSSR count). The van der Waals surface area contributed by atoms with E-state index in [0.29, 0.717) is 0 Å². The van der Waals surface area contributed by atoms with Crippen LogP contribution in [0.4, 0.5) is 0 Å². The minimum absolute atomic E-state index is 0.923. The van der Waals surface area contributed by atoms with Crippen molar-refractivity contribution in [1.29, 1.82) is 0 Å². The van der Waals surface area contributed by atoms with Crippen LogP contribution < -0.4 is 0 Å². The monoisotopic (exact) mass is 530 g/mol. The number of benzene rings is 5. The van der Waals surface area contributed by atoms with Crippen molar-refractivity contribution in [1.82, 2.24) is 9.55 Å². The maximum Gasteiger partial charge on any atom is 0.153 e. The number of fused-ring (bicyclic) bond motifs is 10. The lowest BCUT2D eigenvalue weighted by atomic mass is 9.98. The number of hydrogen-bond acceptors (Lipinski definition) is 3. The Bertz CT molecular complexity index is 2390. The van der Waals surface area contributed by atoms with Crippen molar-refractivity contribution in [3.05, 3.63) is 121 Å². The first-order chi connectivity index (χ1) is 19.8. The van der Waals surface area contributed by atoms with Gasteiger partial charge in [-0.05, 0) is 36.8 Å². The first-order valence-electron chi connectivity index (χ1n) is 13.5. The Kier molecular flexibility index (Phi) is 4.41. The summed E-state index contributed by atoms with van der Waals surface area (Å²) in [6.07, 6.45) is 0. The minimum atomic E-state index is 0.923. The molecular formula is C36H22N2OS. The normalized spacial score (nSPS) is 12.1. The number of para-hydroxylation sites is 3. The summed E-state index contributed by atoms with van der Waals surface area (Å²) in [5.41, 5.74) is 7.52. The van der Waals surface area contributed by atoms with E-state index in [1.54, 1.807) is 11.3 Å². The molecule has 0 fully saturated rings. The van der Waals surface area contributed by atoms with Crippen LogP contribution in [0.3, 0.4) is 0 Å². The molecule has 188 valence electrons. The molecule has 0 aliphatic heterocycles. The third kappa shape index (κ3) is 2.86. The molecule has 0 radical (unpaired) electrons. The predicted molar refractivity (Wildman–Crippen MR) is 169 cm³/mol. The number of thiophene rings is 1. The molecule has 0 atom stereocenters. The van der Waals surface area contributed by atoms with Gasteiger partial charge in [-0.2, -0.15) is 0 Å². The third-order valence-corrected chi connectivity index (χ3v) is 9.45. The SMILES string of the molecule is Cc1nc(-n2c3ccccc3c3ccccc32)c(-c2ccccc2)c2c1sc1c2ccc2c3ccccc3oc21. The van der Waals surface area contributed by atoms with Crippen molar-refractivity contribution < 1.29 is 4.42 Å². The molecule has 0 saturated heterocycles. The van der Waals surface area contributed by atoms with E-state index < -0.39 is 0 Å². The lowest BCUT2D eigenvalue weighted by Gasteiger charge is -2.16. The van der Waals surface area contributed by atoms with Gasteiger partial charge in [-0.1, -0.05) is 91.0 Å². The van der Waals surface area contributed by atoms with E-state index in [0.717, 1.165) is 55.6 Å². The number of aromatic nitrogens is 2. The zero-order valence-electron chi connectivity index (χ0n) is 21.7. The van der Waals surface area contributed by atoms with Gasteiger partial charge >= 0.3 is 0 Å². The maximum absolute atomic E-state index is 6.48. The molecule has 0 aliphatic carbocycles. The molecule has 0 spiro atoms. The summed E-state index contributed by atoms with van der Waals surface area (Å²) in [7, 11) is 0. The second-order valence-electron chi connectivity index (χ2n) is 10.4. The van der Waals surface area contributed by atoms with E-state index in [-0.39, 0.29) is 0 Å². The summed E-state index contributed by atoms with van der Waals surface area (Å²) >= 11 is 1.79. The smallest absolute Gasteiger partial charge is 0.153 e. The van der Waals surface area contributed by atoms with Crippen molar-refractivity contribution in [3.63, 3.8) is 0 Å². The van der Waals surface area contributed by atoms with Crippen LogP contribution in [0.25, 0.3) is 80.9 Å². The van der Waals surface area contributed by atoms with E-state index >= 15 is 0 Å². The molecule has 0 unspecified atom stereocenters. The van der Waals surface area contributed by atoms with Gasteiger partial charge in [0.2, 0.25) is 0 Å². The predicted octanol–water partition coefficient (Wildman–Crippen LogP) is 10.4. The summed E-state index contributed by atoms with van der Waals surface area (Å²) < 4.78 is 11.2. The van der Waals surface area contributed by atoms with Crippen LogP contribution in [0.15, 0.2) is 120 Å². The van der Waals surface area contributed by atoms with E-state index in [1.165, 1.54) is 30.9 Å². The quantitative estimate of drug-likeness (QED) is 0.223. The van der Waals surface area contributed by atoms with Crippen LogP contribution >= 0.6 is 11.3 Å². The molecule has 0 aliphatic rings. The van der Waals surface area contributed by atoms with Crippen LogP contribution in [-0.4, -0.2) is 9.55 Å². The van der Waals surface area contributed by atoms with E-state index in [9.17, 15) is 0 Å². The highest BCUT2D eigenvalue weighted by atomic mass is 32.1. The summed E-state index contributed by atoms with van der Waals surface area (Å²) in [5, 5.41) is 7.22. The first kappa shape index (κ1) is 21.9. The van der Waals surface area contributed by atoms with Crippen molar-refractivity contribution in [2.45, 2.75) is 6.92 Å². The average molecular weight is 531 g/mol. The molecule has 4 heteroatoms. The molecule has 0 saturated carbocycles. The molecule has 4 heterocycles. The fourth-order valence-electron chi connectivity index (χ4n) is 6.41. The third-order valence-electron chi connectivity index (χ3n) is 8.13. The molecule has 5 aromatic carbocycles. The number of furan rings is 1. The fourth-order valence-corrected chi connectivity index (χ4v) is 7.64. The summed E-state index contributed by atoms with van der Waals surface area (Å²) in [5.74, 6) is 0.956. The molecule has 3 nitrogen and oxygen atoms in total. The number of hydrogen-bond donors (Lipinski definition) is 0. The standard InChI is InChI=1S/C36H22N2OS/c1-21-34-32(27-20-19-26-25-15-7-10-18-30(25)39-33(26)35(27)40-34)31(22-11-3-2-4-12-22)36(37-21)38-28-16-8-5-13-23(28)24-14-6-9-17-29(24)38/h2-20H,1H3. The Balaban J connectivity index is 1.50. The summed E-state index contributed by atoms with van der Waals surface area (Å²) in [6.45, 7) is 2.14. The highest BCUT2D eigenvalue weighted by Gasteiger charge is 2.24. The second kappa shape index (κ2) is 8.04. The molecule has 9 aromatic rings. The lowest BCUT2D eigenvalue weighted by molar-refractivity contribution is 0.673. The van der Waals surface area contributed by atoms with Gasteiger partial charge in [0.1, 0.15) is 11.4 Å². The van der Waals surface area contributed by atoms with E-state index in [4.69, 9.17) is 9.40 Å². The summed E-state index contributed by atoms with van der Waals surface area (Å²) in [4.78, 5) is 5.38. The van der Waals surface area contributed by atoms with Gasteiger partial charge in [0.25, 0.3) is 0 Å². The van der Waals surface area contributed by atoms with Gasteiger partial charge in [0, 0.05) is 37.9 Å². The zero-order chi connectivity index (χ0) is 26.4. The maximum atomic E-state index is 6.48. The number of aryl methyl sites for hydroxylation is 1. The van der Waals surface area contributed by atoms with E-state index in [2.05, 4.69) is 121 Å². The molecule has 4 aromatic heterocycles. The Morgan fingerprint density at radius 2 is 1.23 bits per heavy atom. The molecular weight excluding hydrogens is 508 g/mol. The molecule has 0 amide bonds. The Labute approximate surface area is 233 Å². The fraction of sp³-hybridized carbons (Fsp3) is 0.0278. The second-order valence-corrected chi connectivity index (χ2v) is 11.4. The van der Waals surface area contributed by atoms with Gasteiger partial charge in [-0.25, -0.2) is 4.98 Å². The van der Waals surface area contributed by atoms with Gasteiger partial charge in [0.05, 0.1) is 26.1 Å². The Morgan fingerprint density at radius 1 is 0.600 bits per heavy atom. The van der Waals surface area contributed by atoms with Crippen molar-refractivity contribution in [2.75, 3.05) is 0 Å². The van der Waals surface area contributed by atoms with Crippen LogP contribution in [0.5, 0.6) is 0 Å². The largest absolute Gasteiger partial charge is 0.455 e.